The molecule has 140 valence electrons. The van der Waals surface area contributed by atoms with Gasteiger partial charge in [-0.1, -0.05) is 30.3 Å². The highest BCUT2D eigenvalue weighted by molar-refractivity contribution is 7.09. The minimum absolute atomic E-state index is 0.400. The normalized spacial score (nSPS) is 25.2. The number of hydrogen-bond donors (Lipinski definition) is 2. The van der Waals surface area contributed by atoms with E-state index < -0.39 is 5.60 Å². The summed E-state index contributed by atoms with van der Waals surface area (Å²) in [5.41, 5.74) is 0.249. The number of β-amino-alcohol motifs (C(OH)–C–C–N with tert-alkyl or cyclic N) is 1. The average molecular weight is 375 g/mol. The number of nitrogens with one attached hydrogen (secondary N) is 1. The van der Waals surface area contributed by atoms with E-state index in [0.29, 0.717) is 26.3 Å². The van der Waals surface area contributed by atoms with Gasteiger partial charge in [0, 0.05) is 62.9 Å². The second-order valence-corrected chi connectivity index (χ2v) is 7.71. The Morgan fingerprint density at radius 3 is 2.81 bits per heavy atom. The van der Waals surface area contributed by atoms with Crippen molar-refractivity contribution in [2.45, 2.75) is 5.60 Å². The summed E-state index contributed by atoms with van der Waals surface area (Å²) in [5.74, 6) is 0.795. The number of aromatic nitrogens is 2. The fourth-order valence-corrected chi connectivity index (χ4v) is 4.18. The Labute approximate surface area is 157 Å². The van der Waals surface area contributed by atoms with Crippen LogP contribution < -0.4 is 10.2 Å². The summed E-state index contributed by atoms with van der Waals surface area (Å²) in [6, 6.07) is 10.1. The molecule has 0 radical (unpaired) electrons. The molecule has 8 heteroatoms. The first kappa shape index (κ1) is 17.8. The third-order valence-electron chi connectivity index (χ3n) is 4.86. The summed E-state index contributed by atoms with van der Waals surface area (Å²) in [4.78, 5) is 9.30. The second kappa shape index (κ2) is 7.98. The van der Waals surface area contributed by atoms with Crippen molar-refractivity contribution in [3.05, 3.63) is 30.3 Å². The summed E-state index contributed by atoms with van der Waals surface area (Å²) in [6.07, 6.45) is 0. The lowest BCUT2D eigenvalue weighted by molar-refractivity contribution is -0.0495. The molecule has 2 saturated heterocycles. The molecule has 2 N–H and O–H groups in total. The Kier molecular flexibility index (Phi) is 5.46. The largest absolute Gasteiger partial charge is 0.385 e. The van der Waals surface area contributed by atoms with Crippen LogP contribution in [0.1, 0.15) is 0 Å². The monoisotopic (exact) mass is 375 g/mol. The molecule has 0 spiro atoms. The standard InChI is InChI=1S/C18H25N5O2S/c24-18(12-19-6-11-25-14-18)13-22-7-9-23(10-8-22)17-20-16(21-26-17)15-4-2-1-3-5-15/h1-5,19,24H,6-14H2/t18-/m0/s1. The van der Waals surface area contributed by atoms with Crippen LogP contribution >= 0.6 is 11.5 Å². The Morgan fingerprint density at radius 2 is 2.00 bits per heavy atom. The van der Waals surface area contributed by atoms with Crippen LogP contribution in [0.25, 0.3) is 11.4 Å². The molecule has 26 heavy (non-hydrogen) atoms. The predicted octanol–water partition coefficient (Wildman–Crippen LogP) is 0.678. The first-order valence-electron chi connectivity index (χ1n) is 9.09. The molecule has 2 aliphatic rings. The Bertz CT molecular complexity index is 695. The molecule has 4 rings (SSSR count). The van der Waals surface area contributed by atoms with Crippen molar-refractivity contribution in [2.75, 3.05) is 63.9 Å². The first-order valence-corrected chi connectivity index (χ1v) is 9.87. The molecule has 3 heterocycles. The topological polar surface area (TPSA) is 73.8 Å². The van der Waals surface area contributed by atoms with Crippen molar-refractivity contribution in [3.63, 3.8) is 0 Å². The smallest absolute Gasteiger partial charge is 0.205 e. The van der Waals surface area contributed by atoms with Gasteiger partial charge in [-0.15, -0.1) is 0 Å². The molecule has 7 nitrogen and oxygen atoms in total. The van der Waals surface area contributed by atoms with E-state index in [-0.39, 0.29) is 0 Å². The van der Waals surface area contributed by atoms with E-state index in [0.717, 1.165) is 49.2 Å². The van der Waals surface area contributed by atoms with Crippen LogP contribution in [0.15, 0.2) is 30.3 Å². The van der Waals surface area contributed by atoms with Crippen molar-refractivity contribution in [1.29, 1.82) is 0 Å². The van der Waals surface area contributed by atoms with Gasteiger partial charge in [-0.3, -0.25) is 4.90 Å². The number of ether oxygens (including phenoxy) is 1. The molecule has 0 unspecified atom stereocenters. The lowest BCUT2D eigenvalue weighted by Crippen LogP contribution is -2.56. The van der Waals surface area contributed by atoms with Crippen LogP contribution in [0, 0.1) is 0 Å². The zero-order chi connectivity index (χ0) is 17.8. The molecule has 2 aliphatic heterocycles. The number of piperazine rings is 1. The van der Waals surface area contributed by atoms with Gasteiger partial charge in [0.15, 0.2) is 5.82 Å². The molecule has 0 bridgehead atoms. The number of nitrogens with zero attached hydrogens (tertiary/aromatic N) is 4. The summed E-state index contributed by atoms with van der Waals surface area (Å²) in [5, 5.41) is 15.0. The van der Waals surface area contributed by atoms with Gasteiger partial charge in [0.1, 0.15) is 5.60 Å². The third-order valence-corrected chi connectivity index (χ3v) is 5.63. The minimum Gasteiger partial charge on any atom is -0.385 e. The van der Waals surface area contributed by atoms with Crippen LogP contribution in [-0.4, -0.2) is 84.0 Å². The third kappa shape index (κ3) is 4.21. The average Bonchev–Trinajstić information content (AvgIpc) is 3.07. The Morgan fingerprint density at radius 1 is 1.19 bits per heavy atom. The van der Waals surface area contributed by atoms with E-state index in [1.807, 2.05) is 30.3 Å². The molecule has 0 saturated carbocycles. The second-order valence-electron chi connectivity index (χ2n) is 6.98. The van der Waals surface area contributed by atoms with Gasteiger partial charge in [0.2, 0.25) is 5.13 Å². The highest BCUT2D eigenvalue weighted by Gasteiger charge is 2.32. The van der Waals surface area contributed by atoms with Gasteiger partial charge in [-0.25, -0.2) is 0 Å². The Balaban J connectivity index is 1.33. The number of anilines is 1. The zero-order valence-corrected chi connectivity index (χ0v) is 15.6. The van der Waals surface area contributed by atoms with E-state index in [2.05, 4.69) is 19.5 Å². The molecular formula is C18H25N5O2S. The highest BCUT2D eigenvalue weighted by atomic mass is 32.1. The van der Waals surface area contributed by atoms with Crippen LogP contribution in [-0.2, 0) is 4.74 Å². The minimum atomic E-state index is -0.804. The van der Waals surface area contributed by atoms with Crippen molar-refractivity contribution in [2.24, 2.45) is 0 Å². The highest BCUT2D eigenvalue weighted by Crippen LogP contribution is 2.25. The maximum atomic E-state index is 10.8. The van der Waals surface area contributed by atoms with Crippen LogP contribution in [0.5, 0.6) is 0 Å². The lowest BCUT2D eigenvalue weighted by Gasteiger charge is -2.38. The maximum Gasteiger partial charge on any atom is 0.205 e. The van der Waals surface area contributed by atoms with Gasteiger partial charge < -0.3 is 20.1 Å². The number of rotatable bonds is 4. The Hall–Kier alpha value is -1.58. The summed E-state index contributed by atoms with van der Waals surface area (Å²) >= 11 is 1.46. The fourth-order valence-electron chi connectivity index (χ4n) is 3.44. The van der Waals surface area contributed by atoms with E-state index in [9.17, 15) is 5.11 Å². The van der Waals surface area contributed by atoms with Crippen molar-refractivity contribution in [1.82, 2.24) is 19.6 Å². The number of benzene rings is 1. The number of hydrogen-bond acceptors (Lipinski definition) is 8. The molecule has 2 fully saturated rings. The van der Waals surface area contributed by atoms with E-state index in [1.165, 1.54) is 11.5 Å². The molecule has 1 aromatic carbocycles. The predicted molar refractivity (Wildman–Crippen MR) is 103 cm³/mol. The molecule has 2 aromatic rings. The van der Waals surface area contributed by atoms with E-state index in [4.69, 9.17) is 9.72 Å². The maximum absolute atomic E-state index is 10.8. The van der Waals surface area contributed by atoms with Gasteiger partial charge in [0.05, 0.1) is 13.2 Å². The van der Waals surface area contributed by atoms with E-state index in [1.54, 1.807) is 0 Å². The summed E-state index contributed by atoms with van der Waals surface area (Å²) < 4.78 is 10.0. The summed E-state index contributed by atoms with van der Waals surface area (Å²) in [6.45, 7) is 6.70. The van der Waals surface area contributed by atoms with Crippen LogP contribution in [0.4, 0.5) is 5.13 Å². The van der Waals surface area contributed by atoms with Crippen LogP contribution in [0.3, 0.4) is 0 Å². The van der Waals surface area contributed by atoms with Crippen LogP contribution in [0.2, 0.25) is 0 Å². The van der Waals surface area contributed by atoms with Crippen molar-refractivity contribution < 1.29 is 9.84 Å². The molecule has 1 aromatic heterocycles. The molecule has 0 aliphatic carbocycles. The quantitative estimate of drug-likeness (QED) is 0.814. The molecule has 0 amide bonds. The zero-order valence-electron chi connectivity index (χ0n) is 14.8. The van der Waals surface area contributed by atoms with Gasteiger partial charge in [-0.05, 0) is 0 Å². The van der Waals surface area contributed by atoms with Gasteiger partial charge in [0.25, 0.3) is 0 Å². The summed E-state index contributed by atoms with van der Waals surface area (Å²) in [7, 11) is 0. The van der Waals surface area contributed by atoms with Gasteiger partial charge >= 0.3 is 0 Å². The van der Waals surface area contributed by atoms with E-state index >= 15 is 0 Å². The lowest BCUT2D eigenvalue weighted by atomic mass is 10.0. The first-order chi connectivity index (χ1) is 12.7. The SMILES string of the molecule is O[C@]1(CN2CCN(c3nc(-c4ccccc4)ns3)CC2)CNCCOC1. The van der Waals surface area contributed by atoms with Crippen molar-refractivity contribution >= 4 is 16.7 Å². The fraction of sp³-hybridized carbons (Fsp3) is 0.556. The number of aliphatic hydroxyl groups is 1. The van der Waals surface area contributed by atoms with Crippen molar-refractivity contribution in [3.8, 4) is 11.4 Å². The van der Waals surface area contributed by atoms with Gasteiger partial charge in [-0.2, -0.15) is 9.36 Å². The molecular weight excluding hydrogens is 350 g/mol. The molecule has 1 atom stereocenters.